The lowest BCUT2D eigenvalue weighted by molar-refractivity contribution is 0.0479. The molecule has 392 valence electrons. The number of ether oxygens (including phenoxy) is 2. The van der Waals surface area contributed by atoms with E-state index in [2.05, 4.69) is 9.44 Å². The third kappa shape index (κ3) is 13.9. The molecule has 10 atom stereocenters. The Balaban J connectivity index is 0.000000211. The van der Waals surface area contributed by atoms with Crippen LogP contribution >= 0.6 is 0 Å². The number of carbonyl (C=O) groups excluding carboxylic acids is 2. The van der Waals surface area contributed by atoms with Crippen molar-refractivity contribution < 1.29 is 53.8 Å². The number of amides is 2. The molecule has 4 aromatic carbocycles. The number of fused-ring (bicyclic) bond motifs is 4. The fraction of sp³-hybridized carbons (Fsp3) is 0.519. The van der Waals surface area contributed by atoms with Gasteiger partial charge in [-0.2, -0.15) is 0 Å². The van der Waals surface area contributed by atoms with Gasteiger partial charge in [0.1, 0.15) is 24.8 Å². The number of rotatable bonds is 14. The molecule has 0 saturated carbocycles. The first kappa shape index (κ1) is 55.0. The molecule has 0 aliphatic carbocycles. The van der Waals surface area contributed by atoms with Crippen LogP contribution in [0.3, 0.4) is 0 Å². The van der Waals surface area contributed by atoms with Crippen molar-refractivity contribution in [1.29, 1.82) is 0 Å². The topological polar surface area (TPSA) is 117 Å². The van der Waals surface area contributed by atoms with Crippen LogP contribution in [0.1, 0.15) is 115 Å². The molecule has 4 aliphatic rings. The van der Waals surface area contributed by atoms with Crippen LogP contribution in [0.4, 0.5) is 35.9 Å². The van der Waals surface area contributed by atoms with E-state index in [1.807, 2.05) is 112 Å². The van der Waals surface area contributed by atoms with Crippen LogP contribution in [0, 0.1) is 46.7 Å². The Hall–Kier alpha value is -4.78. The molecule has 2 N–H and O–H groups in total. The summed E-state index contributed by atoms with van der Waals surface area (Å²) < 4.78 is 126. The zero-order valence-electron chi connectivity index (χ0n) is 41.6. The highest BCUT2D eigenvalue weighted by molar-refractivity contribution is 7.84. The fourth-order valence-electron chi connectivity index (χ4n) is 10.4. The molecular weight excluding hydrogens is 979 g/mol. The summed E-state index contributed by atoms with van der Waals surface area (Å²) in [7, 11) is -2.90. The second-order valence-corrected chi connectivity index (χ2v) is 25.5. The number of halogens is 6. The summed E-state index contributed by atoms with van der Waals surface area (Å²) in [6.07, 6.45) is 5.25. The standard InChI is InChI=1S/2C27H33F3N2O3S/c2*1-27(2,3)36(34)31-25(14-18-13-23(29)24(30)15-22(18)28)19-11-20-9-10-21(12-19)32(20)26(33)35-16-17-7-5-4-6-8-17/h2*4-8,13,15,19-21,25,31H,9-12,14,16H2,1-3H3/t19?,20-,21+,25-,36+;19?,20-,21+,25-,36-/m10/s1. The maximum atomic E-state index is 14.5. The molecule has 18 heteroatoms. The normalized spacial score (nSPS) is 23.4. The van der Waals surface area contributed by atoms with E-state index in [0.717, 1.165) is 48.9 Å². The van der Waals surface area contributed by atoms with Gasteiger partial charge in [0.15, 0.2) is 23.3 Å². The van der Waals surface area contributed by atoms with Gasteiger partial charge in [-0.3, -0.25) is 0 Å². The first-order chi connectivity index (χ1) is 34.0. The van der Waals surface area contributed by atoms with Gasteiger partial charge in [-0.15, -0.1) is 0 Å². The quantitative estimate of drug-likeness (QED) is 0.0960. The molecule has 2 unspecified atom stereocenters. The van der Waals surface area contributed by atoms with Crippen molar-refractivity contribution >= 4 is 34.2 Å². The Morgan fingerprint density at radius 1 is 0.528 bits per heavy atom. The average Bonchev–Trinajstić information content (AvgIpc) is 3.76. The predicted octanol–water partition coefficient (Wildman–Crippen LogP) is 11.3. The summed E-state index contributed by atoms with van der Waals surface area (Å²) in [5.41, 5.74) is 1.90. The molecule has 72 heavy (non-hydrogen) atoms. The number of hydrogen-bond acceptors (Lipinski definition) is 6. The molecular formula is C54H66F6N4O6S2. The predicted molar refractivity (Wildman–Crippen MR) is 266 cm³/mol. The molecule has 4 heterocycles. The summed E-state index contributed by atoms with van der Waals surface area (Å²) >= 11 is 0. The molecule has 8 rings (SSSR count). The van der Waals surface area contributed by atoms with Gasteiger partial charge in [0.25, 0.3) is 0 Å². The van der Waals surface area contributed by atoms with Crippen LogP contribution in [0.15, 0.2) is 84.9 Å². The van der Waals surface area contributed by atoms with E-state index in [-0.39, 0.29) is 85.4 Å². The van der Waals surface area contributed by atoms with Crippen molar-refractivity contribution in [3.8, 4) is 0 Å². The van der Waals surface area contributed by atoms with E-state index in [0.29, 0.717) is 37.8 Å². The maximum absolute atomic E-state index is 14.5. The molecule has 4 fully saturated rings. The minimum atomic E-state index is -1.45. The minimum Gasteiger partial charge on any atom is -0.445 e. The lowest BCUT2D eigenvalue weighted by Crippen LogP contribution is -2.52. The van der Waals surface area contributed by atoms with Crippen LogP contribution in [-0.4, -0.2) is 76.1 Å². The maximum Gasteiger partial charge on any atom is 0.410 e. The second kappa shape index (κ2) is 23.6. The van der Waals surface area contributed by atoms with E-state index >= 15 is 0 Å². The summed E-state index contributed by atoms with van der Waals surface area (Å²) in [6, 6.07) is 20.8. The highest BCUT2D eigenvalue weighted by Crippen LogP contribution is 2.43. The van der Waals surface area contributed by atoms with Crippen molar-refractivity contribution in [2.75, 3.05) is 0 Å². The third-order valence-electron chi connectivity index (χ3n) is 14.2. The zero-order valence-corrected chi connectivity index (χ0v) is 43.2. The van der Waals surface area contributed by atoms with Crippen LogP contribution in [0.2, 0.25) is 0 Å². The minimum absolute atomic E-state index is 0.0283. The highest BCUT2D eigenvalue weighted by Gasteiger charge is 2.48. The van der Waals surface area contributed by atoms with E-state index in [1.54, 1.807) is 0 Å². The molecule has 10 nitrogen and oxygen atoms in total. The molecule has 0 spiro atoms. The SMILES string of the molecule is CC(C)(C)[S@](=O)N[C@@H](Cc1cc(F)c(F)cc1F)C1C[C@H]2CC[C@@H](C1)N2C(=O)OCc1ccccc1.CC(C)(C)[S@](=O)N[C@H](Cc1cc(F)c(F)cc1F)C1C[C@H]2CC[C@@H](C1)N2C(=O)OCc1ccccc1. The van der Waals surface area contributed by atoms with Crippen LogP contribution in [-0.2, 0) is 57.5 Å². The van der Waals surface area contributed by atoms with Crippen molar-refractivity contribution in [2.24, 2.45) is 11.8 Å². The number of nitrogens with one attached hydrogen (secondary N) is 2. The molecule has 4 bridgehead atoms. The van der Waals surface area contributed by atoms with Crippen LogP contribution < -0.4 is 9.44 Å². The lowest BCUT2D eigenvalue weighted by Gasteiger charge is -2.41. The zero-order chi connectivity index (χ0) is 52.1. The fourth-order valence-corrected chi connectivity index (χ4v) is 12.2. The van der Waals surface area contributed by atoms with Crippen LogP contribution in [0.5, 0.6) is 0 Å². The van der Waals surface area contributed by atoms with Crippen LogP contribution in [0.25, 0.3) is 0 Å². The van der Waals surface area contributed by atoms with Gasteiger partial charge >= 0.3 is 12.2 Å². The second-order valence-electron chi connectivity index (χ2n) is 21.5. The van der Waals surface area contributed by atoms with Gasteiger partial charge in [-0.25, -0.2) is 53.8 Å². The number of benzene rings is 4. The Bertz CT molecular complexity index is 2370. The van der Waals surface area contributed by atoms with E-state index in [1.165, 1.54) is 0 Å². The van der Waals surface area contributed by atoms with Gasteiger partial charge in [0, 0.05) is 48.4 Å². The summed E-state index contributed by atoms with van der Waals surface area (Å²) in [6.45, 7) is 11.4. The molecule has 4 saturated heterocycles. The van der Waals surface area contributed by atoms with E-state index in [9.17, 15) is 44.3 Å². The highest BCUT2D eigenvalue weighted by atomic mass is 32.2. The molecule has 0 aromatic heterocycles. The molecule has 0 radical (unpaired) electrons. The van der Waals surface area contributed by atoms with E-state index in [4.69, 9.17) is 9.47 Å². The van der Waals surface area contributed by atoms with E-state index < -0.39 is 78.5 Å². The Kier molecular flexibility index (Phi) is 18.0. The van der Waals surface area contributed by atoms with Crippen molar-refractivity contribution in [1.82, 2.24) is 19.2 Å². The molecule has 4 aliphatic heterocycles. The number of piperidine rings is 2. The molecule has 2 amide bonds. The van der Waals surface area contributed by atoms with Gasteiger partial charge < -0.3 is 19.3 Å². The Morgan fingerprint density at radius 3 is 1.14 bits per heavy atom. The smallest absolute Gasteiger partial charge is 0.410 e. The lowest BCUT2D eigenvalue weighted by atomic mass is 9.83. The van der Waals surface area contributed by atoms with Gasteiger partial charge in [0.05, 0.1) is 31.5 Å². The van der Waals surface area contributed by atoms with Crippen molar-refractivity contribution in [3.05, 3.63) is 142 Å². The number of carbonyl (C=O) groups is 2. The van der Waals surface area contributed by atoms with Crippen molar-refractivity contribution in [2.45, 2.75) is 165 Å². The first-order valence-corrected chi connectivity index (χ1v) is 27.0. The van der Waals surface area contributed by atoms with Gasteiger partial charge in [-0.05, 0) is 152 Å². The average molecular weight is 1050 g/mol. The van der Waals surface area contributed by atoms with Gasteiger partial charge in [-0.1, -0.05) is 60.7 Å². The monoisotopic (exact) mass is 1040 g/mol. The van der Waals surface area contributed by atoms with Crippen molar-refractivity contribution in [3.63, 3.8) is 0 Å². The number of nitrogens with zero attached hydrogens (tertiary/aromatic N) is 2. The third-order valence-corrected chi connectivity index (χ3v) is 17.5. The first-order valence-electron chi connectivity index (χ1n) is 24.7. The number of hydrogen-bond donors (Lipinski definition) is 2. The Morgan fingerprint density at radius 2 is 0.833 bits per heavy atom. The summed E-state index contributed by atoms with van der Waals surface area (Å²) in [5, 5.41) is 0. The molecule has 4 aromatic rings. The largest absolute Gasteiger partial charge is 0.445 e. The summed E-state index contributed by atoms with van der Waals surface area (Å²) in [4.78, 5) is 29.5. The van der Waals surface area contributed by atoms with Gasteiger partial charge in [0.2, 0.25) is 0 Å². The Labute approximate surface area is 424 Å². The summed E-state index contributed by atoms with van der Waals surface area (Å²) in [5.74, 6) is -6.41.